The van der Waals surface area contributed by atoms with Crippen LogP contribution in [0.25, 0.3) is 0 Å². The lowest BCUT2D eigenvalue weighted by atomic mass is 11.4. The third-order valence-electron chi connectivity index (χ3n) is 0.0943. The van der Waals surface area contributed by atoms with Crippen LogP contribution in [0.5, 0.6) is 0 Å². The average Bonchev–Trinajstić information content (AvgIpc) is 1.38. The van der Waals surface area contributed by atoms with Crippen LogP contribution in [0.15, 0.2) is 0 Å². The summed E-state index contributed by atoms with van der Waals surface area (Å²) in [6, 6.07) is 0. The molecule has 0 unspecified atom stereocenters. The van der Waals surface area contributed by atoms with Crippen molar-refractivity contribution < 1.29 is 20.4 Å². The summed E-state index contributed by atoms with van der Waals surface area (Å²) < 4.78 is 0. The van der Waals surface area contributed by atoms with Crippen LogP contribution >= 0.6 is 0 Å². The van der Waals surface area contributed by atoms with Crippen molar-refractivity contribution >= 4 is 0 Å². The van der Waals surface area contributed by atoms with E-state index in [0.717, 1.165) is 0 Å². The van der Waals surface area contributed by atoms with Crippen molar-refractivity contribution in [3.05, 3.63) is 0 Å². The maximum atomic E-state index is 7.44. The fraction of sp³-hybridized carbons (Fsp3) is 1.00. The van der Waals surface area contributed by atoms with Crippen LogP contribution in [-0.4, -0.2) is 21.9 Å². The van der Waals surface area contributed by atoms with Gasteiger partial charge in [-0.2, -0.15) is 4.89 Å². The molecule has 0 rings (SSSR count). The first-order valence-corrected chi connectivity index (χ1v) is 0.935. The van der Waals surface area contributed by atoms with E-state index in [-0.39, 0.29) is 0 Å². The Kier molecular flexibility index (Phi) is 2.03. The summed E-state index contributed by atoms with van der Waals surface area (Å²) in [5.41, 5.74) is 0. The van der Waals surface area contributed by atoms with E-state index in [1.54, 1.807) is 0 Å². The molecule has 0 saturated heterocycles. The minimum atomic E-state index is -2.06. The number of hydrogen-bond acceptors (Lipinski definition) is 4. The third kappa shape index (κ3) is 3.84. The van der Waals surface area contributed by atoms with Crippen molar-refractivity contribution in [1.29, 1.82) is 0 Å². The number of hydrogen-bond donors (Lipinski definition) is 3. The predicted octanol–water partition coefficient (Wildman–Crippen LogP) is -1.26. The second-order valence-corrected chi connectivity index (χ2v) is 0.432. The molecule has 5 heavy (non-hydrogen) atoms. The van der Waals surface area contributed by atoms with Gasteiger partial charge in [-0.25, -0.2) is 5.26 Å². The molecular formula is CH4O4. The van der Waals surface area contributed by atoms with Crippen molar-refractivity contribution in [3.8, 4) is 0 Å². The Bertz CT molecular complexity index is 17.6. The van der Waals surface area contributed by atoms with Crippen molar-refractivity contribution in [2.75, 3.05) is 0 Å². The van der Waals surface area contributed by atoms with Gasteiger partial charge in [-0.15, -0.1) is 0 Å². The molecule has 0 aliphatic heterocycles. The van der Waals surface area contributed by atoms with Gasteiger partial charge in [0.25, 0.3) is 6.48 Å². The zero-order valence-electron chi connectivity index (χ0n) is 2.33. The quantitative estimate of drug-likeness (QED) is 0.209. The first-order chi connectivity index (χ1) is 2.27. The smallest absolute Gasteiger partial charge is 0.296 e. The Balaban J connectivity index is 2.54. The molecule has 0 atom stereocenters. The van der Waals surface area contributed by atoms with Crippen LogP contribution in [0, 0.1) is 0 Å². The van der Waals surface area contributed by atoms with E-state index in [0.29, 0.717) is 0 Å². The zero-order valence-corrected chi connectivity index (χ0v) is 2.33. The molecule has 0 saturated carbocycles. The van der Waals surface area contributed by atoms with Gasteiger partial charge in [0.15, 0.2) is 0 Å². The summed E-state index contributed by atoms with van der Waals surface area (Å²) in [7, 11) is 0. The van der Waals surface area contributed by atoms with Gasteiger partial charge in [0.1, 0.15) is 0 Å². The number of rotatable bonds is 1. The van der Waals surface area contributed by atoms with Crippen LogP contribution in [0.2, 0.25) is 0 Å². The molecule has 0 bridgehead atoms. The number of aliphatic hydroxyl groups excluding tert-OH is 1. The molecule has 0 aromatic rings. The topological polar surface area (TPSA) is 69.9 Å². The predicted molar refractivity (Wildman–Crippen MR) is 11.9 cm³/mol. The standard InChI is InChI=1S/CH4O4/c2-1(3)5-4/h1-4H. The molecule has 0 aromatic heterocycles. The largest absolute Gasteiger partial charge is 0.344 e. The fourth-order valence-electron chi connectivity index (χ4n) is 0. The summed E-state index contributed by atoms with van der Waals surface area (Å²) in [5, 5.41) is 22.0. The molecule has 3 N–H and O–H groups in total. The molecule has 0 spiro atoms. The summed E-state index contributed by atoms with van der Waals surface area (Å²) in [6.45, 7) is -2.06. The lowest BCUT2D eigenvalue weighted by molar-refractivity contribution is -0.399. The van der Waals surface area contributed by atoms with E-state index >= 15 is 0 Å². The van der Waals surface area contributed by atoms with Crippen LogP contribution in [0.4, 0.5) is 0 Å². The Labute approximate surface area is 28.2 Å². The summed E-state index contributed by atoms with van der Waals surface area (Å²) >= 11 is 0. The maximum absolute atomic E-state index is 7.44. The van der Waals surface area contributed by atoms with Gasteiger partial charge < -0.3 is 10.2 Å². The zero-order chi connectivity index (χ0) is 4.28. The van der Waals surface area contributed by atoms with Gasteiger partial charge in [-0.3, -0.25) is 0 Å². The minimum absolute atomic E-state index is 2.06. The molecule has 4 heteroatoms. The van der Waals surface area contributed by atoms with E-state index in [2.05, 4.69) is 4.89 Å². The second kappa shape index (κ2) is 2.10. The molecule has 0 heterocycles. The molecule has 0 aliphatic carbocycles. The highest BCUT2D eigenvalue weighted by atomic mass is 17.2. The SMILES string of the molecule is OOC(O)O. The second-order valence-electron chi connectivity index (χ2n) is 0.432. The Morgan fingerprint density at radius 3 is 1.60 bits per heavy atom. The van der Waals surface area contributed by atoms with E-state index in [1.165, 1.54) is 0 Å². The maximum Gasteiger partial charge on any atom is 0.296 e. The minimum Gasteiger partial charge on any atom is -0.344 e. The van der Waals surface area contributed by atoms with Gasteiger partial charge in [-0.1, -0.05) is 0 Å². The van der Waals surface area contributed by atoms with Gasteiger partial charge in [0.05, 0.1) is 0 Å². The highest BCUT2D eigenvalue weighted by Gasteiger charge is 1.85. The first kappa shape index (κ1) is 4.84. The Morgan fingerprint density at radius 2 is 1.60 bits per heavy atom. The molecule has 4 nitrogen and oxygen atoms in total. The van der Waals surface area contributed by atoms with Crippen molar-refractivity contribution in [2.24, 2.45) is 0 Å². The lowest BCUT2D eigenvalue weighted by Gasteiger charge is -1.89. The molecular weight excluding hydrogens is 76.0 g/mol. The molecule has 0 radical (unpaired) electrons. The summed E-state index contributed by atoms with van der Waals surface area (Å²) in [5.74, 6) is 0. The van der Waals surface area contributed by atoms with E-state index in [4.69, 9.17) is 15.5 Å². The highest BCUT2D eigenvalue weighted by Crippen LogP contribution is 1.65. The number of aliphatic hydroxyl groups is 2. The van der Waals surface area contributed by atoms with Crippen molar-refractivity contribution in [1.82, 2.24) is 0 Å². The van der Waals surface area contributed by atoms with Gasteiger partial charge in [0, 0.05) is 0 Å². The highest BCUT2D eigenvalue weighted by molar-refractivity contribution is 3.82. The molecule has 0 amide bonds. The van der Waals surface area contributed by atoms with Crippen LogP contribution in [0.1, 0.15) is 0 Å². The fourth-order valence-corrected chi connectivity index (χ4v) is 0. The van der Waals surface area contributed by atoms with E-state index in [9.17, 15) is 0 Å². The molecule has 0 aromatic carbocycles. The monoisotopic (exact) mass is 80.0 g/mol. The molecule has 0 fully saturated rings. The van der Waals surface area contributed by atoms with E-state index in [1.807, 2.05) is 0 Å². The molecule has 32 valence electrons. The normalized spacial score (nSPS) is 9.60. The van der Waals surface area contributed by atoms with Crippen LogP contribution in [-0.2, 0) is 4.89 Å². The van der Waals surface area contributed by atoms with Gasteiger partial charge in [-0.05, 0) is 0 Å². The van der Waals surface area contributed by atoms with Crippen molar-refractivity contribution in [3.63, 3.8) is 0 Å². The first-order valence-electron chi connectivity index (χ1n) is 0.935. The van der Waals surface area contributed by atoms with E-state index < -0.39 is 6.48 Å². The Morgan fingerprint density at radius 1 is 1.40 bits per heavy atom. The van der Waals surface area contributed by atoms with Crippen LogP contribution in [0.3, 0.4) is 0 Å². The van der Waals surface area contributed by atoms with Crippen LogP contribution < -0.4 is 0 Å². The van der Waals surface area contributed by atoms with Crippen molar-refractivity contribution in [2.45, 2.75) is 6.48 Å². The average molecular weight is 80.0 g/mol. The van der Waals surface area contributed by atoms with Gasteiger partial charge >= 0.3 is 0 Å². The summed E-state index contributed by atoms with van der Waals surface area (Å²) in [6.07, 6.45) is 0. The lowest BCUT2D eigenvalue weighted by Crippen LogP contribution is -2.05. The third-order valence-corrected chi connectivity index (χ3v) is 0.0943. The summed E-state index contributed by atoms with van der Waals surface area (Å²) in [4.78, 5) is 2.86. The van der Waals surface area contributed by atoms with Gasteiger partial charge in [0.2, 0.25) is 0 Å². The Hall–Kier alpha value is -0.160. The molecule has 0 aliphatic rings.